The van der Waals surface area contributed by atoms with Gasteiger partial charge >= 0.3 is 5.97 Å². The fraction of sp³-hybridized carbons (Fsp3) is 0.833. The quantitative estimate of drug-likeness (QED) is 0.582. The Morgan fingerprint density at radius 2 is 2.33 bits per heavy atom. The van der Waals surface area contributed by atoms with Crippen LogP contribution in [-0.2, 0) is 4.79 Å². The van der Waals surface area contributed by atoms with E-state index in [2.05, 4.69) is 0 Å². The Morgan fingerprint density at radius 1 is 1.78 bits per heavy atom. The van der Waals surface area contributed by atoms with Gasteiger partial charge in [0, 0.05) is 6.42 Å². The fourth-order valence-electron chi connectivity index (χ4n) is 0.488. The smallest absolute Gasteiger partial charge is 0.303 e. The molecule has 0 aromatic heterocycles. The standard InChI is InChI=1S/C6H13NO2/c1-5(4-7)2-3-6(8)9/h5H,2-4,7H2,1H3,(H,8,9). The van der Waals surface area contributed by atoms with Crippen molar-refractivity contribution in [2.24, 2.45) is 11.7 Å². The molecule has 0 radical (unpaired) electrons. The van der Waals surface area contributed by atoms with Gasteiger partial charge in [-0.2, -0.15) is 0 Å². The molecule has 0 spiro atoms. The monoisotopic (exact) mass is 131 g/mol. The lowest BCUT2D eigenvalue weighted by molar-refractivity contribution is -0.137. The number of aliphatic carboxylic acids is 1. The molecule has 0 amide bonds. The second-order valence-electron chi connectivity index (χ2n) is 2.27. The van der Waals surface area contributed by atoms with Crippen LogP contribution >= 0.6 is 0 Å². The first-order valence-corrected chi connectivity index (χ1v) is 3.08. The fourth-order valence-corrected chi connectivity index (χ4v) is 0.488. The van der Waals surface area contributed by atoms with Gasteiger partial charge in [-0.1, -0.05) is 6.92 Å². The SMILES string of the molecule is CC(CN)CCC(=O)O. The zero-order valence-corrected chi connectivity index (χ0v) is 5.63. The summed E-state index contributed by atoms with van der Waals surface area (Å²) in [5.41, 5.74) is 5.27. The molecule has 0 aromatic carbocycles. The first-order valence-electron chi connectivity index (χ1n) is 3.08. The van der Waals surface area contributed by atoms with Crippen molar-refractivity contribution in [1.29, 1.82) is 0 Å². The first kappa shape index (κ1) is 8.43. The van der Waals surface area contributed by atoms with Crippen molar-refractivity contribution >= 4 is 5.97 Å². The number of hydrogen-bond donors (Lipinski definition) is 2. The molecule has 0 aliphatic rings. The van der Waals surface area contributed by atoms with Crippen LogP contribution in [0.15, 0.2) is 0 Å². The Morgan fingerprint density at radius 3 is 2.67 bits per heavy atom. The molecule has 0 saturated carbocycles. The van der Waals surface area contributed by atoms with E-state index in [0.29, 0.717) is 18.9 Å². The van der Waals surface area contributed by atoms with Crippen LogP contribution in [-0.4, -0.2) is 17.6 Å². The summed E-state index contributed by atoms with van der Waals surface area (Å²) >= 11 is 0. The van der Waals surface area contributed by atoms with Crippen LogP contribution < -0.4 is 5.73 Å². The van der Waals surface area contributed by atoms with Gasteiger partial charge in [0.05, 0.1) is 0 Å². The van der Waals surface area contributed by atoms with Gasteiger partial charge < -0.3 is 10.8 Å². The summed E-state index contributed by atoms with van der Waals surface area (Å²) in [7, 11) is 0. The number of carboxylic acids is 1. The lowest BCUT2D eigenvalue weighted by Crippen LogP contribution is -2.11. The third kappa shape index (κ3) is 5.30. The van der Waals surface area contributed by atoms with Gasteiger partial charge in [-0.3, -0.25) is 4.79 Å². The molecule has 0 aromatic rings. The Balaban J connectivity index is 3.16. The van der Waals surface area contributed by atoms with E-state index in [0.717, 1.165) is 0 Å². The minimum atomic E-state index is -0.740. The van der Waals surface area contributed by atoms with Gasteiger partial charge in [0.25, 0.3) is 0 Å². The number of nitrogens with two attached hydrogens (primary N) is 1. The molecule has 54 valence electrons. The van der Waals surface area contributed by atoms with Crippen LogP contribution in [0.2, 0.25) is 0 Å². The summed E-state index contributed by atoms with van der Waals surface area (Å²) in [6.07, 6.45) is 0.921. The molecule has 1 unspecified atom stereocenters. The highest BCUT2D eigenvalue weighted by Crippen LogP contribution is 2.01. The van der Waals surface area contributed by atoms with Crippen molar-refractivity contribution in [2.75, 3.05) is 6.54 Å². The van der Waals surface area contributed by atoms with Gasteiger partial charge in [-0.25, -0.2) is 0 Å². The second-order valence-corrected chi connectivity index (χ2v) is 2.27. The van der Waals surface area contributed by atoms with E-state index in [1.54, 1.807) is 0 Å². The minimum Gasteiger partial charge on any atom is -0.481 e. The topological polar surface area (TPSA) is 63.3 Å². The molecule has 0 aliphatic heterocycles. The lowest BCUT2D eigenvalue weighted by atomic mass is 10.1. The number of carbonyl (C=O) groups is 1. The van der Waals surface area contributed by atoms with Gasteiger partial charge in [-0.15, -0.1) is 0 Å². The van der Waals surface area contributed by atoms with Crippen LogP contribution in [0.1, 0.15) is 19.8 Å². The van der Waals surface area contributed by atoms with Gasteiger partial charge in [0.2, 0.25) is 0 Å². The van der Waals surface area contributed by atoms with Gasteiger partial charge in [-0.05, 0) is 18.9 Å². The number of carboxylic acid groups (broad SMARTS) is 1. The maximum absolute atomic E-state index is 9.98. The average Bonchev–Trinajstić information content (AvgIpc) is 1.83. The predicted molar refractivity (Wildman–Crippen MR) is 35.1 cm³/mol. The molecule has 3 heteroatoms. The van der Waals surface area contributed by atoms with E-state index in [9.17, 15) is 4.79 Å². The Kier molecular flexibility index (Phi) is 4.05. The maximum Gasteiger partial charge on any atom is 0.303 e. The zero-order chi connectivity index (χ0) is 7.28. The summed E-state index contributed by atoms with van der Waals surface area (Å²) in [6, 6.07) is 0. The van der Waals surface area contributed by atoms with E-state index in [4.69, 9.17) is 10.8 Å². The van der Waals surface area contributed by atoms with Crippen LogP contribution in [0.5, 0.6) is 0 Å². The van der Waals surface area contributed by atoms with E-state index in [1.807, 2.05) is 6.92 Å². The summed E-state index contributed by atoms with van der Waals surface area (Å²) in [5, 5.41) is 8.22. The number of rotatable bonds is 4. The Labute approximate surface area is 54.9 Å². The molecule has 0 saturated heterocycles. The van der Waals surface area contributed by atoms with Gasteiger partial charge in [0.15, 0.2) is 0 Å². The lowest BCUT2D eigenvalue weighted by Gasteiger charge is -2.03. The van der Waals surface area contributed by atoms with Crippen molar-refractivity contribution in [3.05, 3.63) is 0 Å². The van der Waals surface area contributed by atoms with E-state index < -0.39 is 5.97 Å². The Bertz CT molecular complexity index is 93.1. The zero-order valence-electron chi connectivity index (χ0n) is 5.63. The minimum absolute atomic E-state index is 0.234. The maximum atomic E-state index is 9.98. The molecule has 0 heterocycles. The Hall–Kier alpha value is -0.570. The summed E-state index contributed by atoms with van der Waals surface area (Å²) in [6.45, 7) is 2.52. The van der Waals surface area contributed by atoms with Crippen LogP contribution in [0.3, 0.4) is 0 Å². The molecule has 0 bridgehead atoms. The molecule has 3 nitrogen and oxygen atoms in total. The van der Waals surface area contributed by atoms with E-state index >= 15 is 0 Å². The van der Waals surface area contributed by atoms with Crippen LogP contribution in [0, 0.1) is 5.92 Å². The largest absolute Gasteiger partial charge is 0.481 e. The van der Waals surface area contributed by atoms with Crippen molar-refractivity contribution in [1.82, 2.24) is 0 Å². The molecule has 3 N–H and O–H groups in total. The van der Waals surface area contributed by atoms with E-state index in [1.165, 1.54) is 0 Å². The molecule has 9 heavy (non-hydrogen) atoms. The van der Waals surface area contributed by atoms with E-state index in [-0.39, 0.29) is 6.42 Å². The van der Waals surface area contributed by atoms with Crippen LogP contribution in [0.4, 0.5) is 0 Å². The second kappa shape index (κ2) is 4.32. The summed E-state index contributed by atoms with van der Waals surface area (Å²) in [5.74, 6) is -0.406. The van der Waals surface area contributed by atoms with Crippen molar-refractivity contribution < 1.29 is 9.90 Å². The third-order valence-electron chi connectivity index (χ3n) is 1.25. The summed E-state index contributed by atoms with van der Waals surface area (Å²) in [4.78, 5) is 9.98. The number of hydrogen-bond acceptors (Lipinski definition) is 2. The molecule has 1 atom stereocenters. The first-order chi connectivity index (χ1) is 4.16. The van der Waals surface area contributed by atoms with Crippen molar-refractivity contribution in [3.8, 4) is 0 Å². The average molecular weight is 131 g/mol. The molecular formula is C6H13NO2. The van der Waals surface area contributed by atoms with Crippen molar-refractivity contribution in [2.45, 2.75) is 19.8 Å². The highest BCUT2D eigenvalue weighted by atomic mass is 16.4. The molecule has 0 fully saturated rings. The predicted octanol–water partition coefficient (Wildman–Crippen LogP) is 0.446. The summed E-state index contributed by atoms with van der Waals surface area (Å²) < 4.78 is 0. The highest BCUT2D eigenvalue weighted by Gasteiger charge is 2.01. The third-order valence-corrected chi connectivity index (χ3v) is 1.25. The van der Waals surface area contributed by atoms with Gasteiger partial charge in [0.1, 0.15) is 0 Å². The molecular weight excluding hydrogens is 118 g/mol. The highest BCUT2D eigenvalue weighted by molar-refractivity contribution is 5.66. The molecule has 0 aliphatic carbocycles. The van der Waals surface area contributed by atoms with Crippen molar-refractivity contribution in [3.63, 3.8) is 0 Å². The van der Waals surface area contributed by atoms with Crippen LogP contribution in [0.25, 0.3) is 0 Å². The molecule has 0 rings (SSSR count). The normalized spacial score (nSPS) is 13.1.